The predicted molar refractivity (Wildman–Crippen MR) is 109 cm³/mol. The predicted octanol–water partition coefficient (Wildman–Crippen LogP) is 3.33. The van der Waals surface area contributed by atoms with Gasteiger partial charge in [-0.25, -0.2) is 9.97 Å². The Hall–Kier alpha value is -2.47. The maximum Gasteiger partial charge on any atom is 0.173 e. The van der Waals surface area contributed by atoms with Crippen LogP contribution in [0.2, 0.25) is 0 Å². The zero-order valence-corrected chi connectivity index (χ0v) is 17.0. The molecule has 0 saturated carbocycles. The van der Waals surface area contributed by atoms with Crippen LogP contribution in [0, 0.1) is 6.92 Å². The number of rotatable bonds is 5. The van der Waals surface area contributed by atoms with Crippen LogP contribution in [0.1, 0.15) is 47.5 Å². The molecule has 1 aromatic carbocycles. The van der Waals surface area contributed by atoms with Crippen molar-refractivity contribution in [3.63, 3.8) is 0 Å². The third kappa shape index (κ3) is 3.87. The largest absolute Gasteiger partial charge is 0.497 e. The molecule has 0 spiro atoms. The van der Waals surface area contributed by atoms with Crippen LogP contribution in [0.3, 0.4) is 0 Å². The van der Waals surface area contributed by atoms with Gasteiger partial charge in [-0.3, -0.25) is 9.89 Å². The fraction of sp³-hybridized carbons (Fsp3) is 0.500. The van der Waals surface area contributed by atoms with Gasteiger partial charge < -0.3 is 9.47 Å². The Morgan fingerprint density at radius 1 is 1.11 bits per heavy atom. The van der Waals surface area contributed by atoms with Crippen molar-refractivity contribution in [1.82, 2.24) is 14.9 Å². The summed E-state index contributed by atoms with van der Waals surface area (Å²) >= 11 is 0. The van der Waals surface area contributed by atoms with E-state index in [4.69, 9.17) is 14.5 Å². The van der Waals surface area contributed by atoms with E-state index in [1.807, 2.05) is 12.3 Å². The van der Waals surface area contributed by atoms with Crippen LogP contribution in [0.5, 0.6) is 11.5 Å². The smallest absolute Gasteiger partial charge is 0.173 e. The first kappa shape index (κ1) is 18.9. The molecule has 0 atom stereocenters. The van der Waals surface area contributed by atoms with Gasteiger partial charge in [0.05, 0.1) is 25.6 Å². The summed E-state index contributed by atoms with van der Waals surface area (Å²) in [7, 11) is 3.40. The third-order valence-corrected chi connectivity index (χ3v) is 5.64. The van der Waals surface area contributed by atoms with E-state index in [-0.39, 0.29) is 0 Å². The van der Waals surface area contributed by atoms with E-state index >= 15 is 0 Å². The molecule has 2 aliphatic heterocycles. The maximum atomic E-state index is 5.62. The number of benzene rings is 1. The van der Waals surface area contributed by atoms with Gasteiger partial charge in [0.25, 0.3) is 0 Å². The summed E-state index contributed by atoms with van der Waals surface area (Å²) in [6.45, 7) is 5.69. The Labute approximate surface area is 166 Å². The van der Waals surface area contributed by atoms with Crippen molar-refractivity contribution in [3.05, 3.63) is 46.5 Å². The van der Waals surface area contributed by atoms with Crippen molar-refractivity contribution in [1.29, 1.82) is 0 Å². The van der Waals surface area contributed by atoms with Gasteiger partial charge in [0.15, 0.2) is 5.82 Å². The van der Waals surface area contributed by atoms with Crippen LogP contribution in [0.15, 0.2) is 23.3 Å². The fourth-order valence-electron chi connectivity index (χ4n) is 4.01. The second kappa shape index (κ2) is 8.27. The van der Waals surface area contributed by atoms with Crippen LogP contribution in [-0.2, 0) is 19.5 Å². The monoisotopic (exact) mass is 380 g/mol. The van der Waals surface area contributed by atoms with Crippen molar-refractivity contribution >= 4 is 5.71 Å². The summed E-state index contributed by atoms with van der Waals surface area (Å²) in [6.07, 6.45) is 6.31. The van der Waals surface area contributed by atoms with Gasteiger partial charge in [-0.1, -0.05) is 0 Å². The molecule has 2 aromatic rings. The van der Waals surface area contributed by atoms with E-state index < -0.39 is 0 Å². The summed E-state index contributed by atoms with van der Waals surface area (Å²) in [5.41, 5.74) is 5.87. The minimum Gasteiger partial charge on any atom is -0.497 e. The highest BCUT2D eigenvalue weighted by atomic mass is 16.5. The summed E-state index contributed by atoms with van der Waals surface area (Å²) in [6, 6.07) is 4.02. The molecular formula is C22H28N4O2. The molecule has 2 aliphatic rings. The van der Waals surface area contributed by atoms with Gasteiger partial charge in [-0.05, 0) is 37.8 Å². The van der Waals surface area contributed by atoms with Gasteiger partial charge in [0, 0.05) is 56.0 Å². The van der Waals surface area contributed by atoms with E-state index in [1.54, 1.807) is 14.2 Å². The standard InChI is InChI=1S/C22H28N4O2/c1-15-10-17(27-2)11-21(28-3)18(15)14-26-9-7-19-16(13-26)12-24-22(25-19)20-6-4-5-8-23-20/h10-12H,4-9,13-14H2,1-3H3. The molecule has 0 aliphatic carbocycles. The quantitative estimate of drug-likeness (QED) is 0.796. The molecule has 148 valence electrons. The molecule has 0 unspecified atom stereocenters. The SMILES string of the molecule is COc1cc(C)c(CN2CCc3nc(C4=NCCCC4)ncc3C2)c(OC)c1. The lowest BCUT2D eigenvalue weighted by molar-refractivity contribution is 0.238. The van der Waals surface area contributed by atoms with E-state index in [0.717, 1.165) is 62.1 Å². The van der Waals surface area contributed by atoms with Gasteiger partial charge in [0.1, 0.15) is 11.5 Å². The number of aromatic nitrogens is 2. The molecule has 1 aromatic heterocycles. The lowest BCUT2D eigenvalue weighted by Crippen LogP contribution is -2.31. The number of aliphatic imine (C=N–C) groups is 1. The zero-order valence-electron chi connectivity index (χ0n) is 17.0. The number of nitrogens with zero attached hydrogens (tertiary/aromatic N) is 4. The normalized spacial score (nSPS) is 17.0. The molecule has 0 N–H and O–H groups in total. The van der Waals surface area contributed by atoms with Crippen molar-refractivity contribution in [2.45, 2.75) is 45.7 Å². The first-order valence-corrected chi connectivity index (χ1v) is 10.00. The minimum atomic E-state index is 0.827. The van der Waals surface area contributed by atoms with Gasteiger partial charge >= 0.3 is 0 Å². The molecule has 0 amide bonds. The summed E-state index contributed by atoms with van der Waals surface area (Å²) in [5.74, 6) is 2.54. The third-order valence-electron chi connectivity index (χ3n) is 5.64. The molecule has 4 rings (SSSR count). The van der Waals surface area contributed by atoms with Gasteiger partial charge in [-0.15, -0.1) is 0 Å². The molecule has 6 nitrogen and oxygen atoms in total. The van der Waals surface area contributed by atoms with E-state index in [0.29, 0.717) is 0 Å². The van der Waals surface area contributed by atoms with Crippen molar-refractivity contribution < 1.29 is 9.47 Å². The average Bonchev–Trinajstić information content (AvgIpc) is 2.75. The molecule has 0 saturated heterocycles. The number of ether oxygens (including phenoxy) is 2. The highest BCUT2D eigenvalue weighted by molar-refractivity contribution is 5.97. The first-order chi connectivity index (χ1) is 13.7. The van der Waals surface area contributed by atoms with Crippen molar-refractivity contribution in [2.75, 3.05) is 27.3 Å². The highest BCUT2D eigenvalue weighted by Gasteiger charge is 2.22. The number of fused-ring (bicyclic) bond motifs is 1. The zero-order chi connectivity index (χ0) is 19.5. The molecule has 0 radical (unpaired) electrons. The molecule has 28 heavy (non-hydrogen) atoms. The van der Waals surface area contributed by atoms with Crippen molar-refractivity contribution in [3.8, 4) is 11.5 Å². The summed E-state index contributed by atoms with van der Waals surface area (Å²) in [4.78, 5) is 16.5. The van der Waals surface area contributed by atoms with E-state index in [2.05, 4.69) is 27.9 Å². The Morgan fingerprint density at radius 3 is 2.75 bits per heavy atom. The average molecular weight is 380 g/mol. The minimum absolute atomic E-state index is 0.827. The second-order valence-electron chi connectivity index (χ2n) is 7.54. The Balaban J connectivity index is 1.51. The fourth-order valence-corrected chi connectivity index (χ4v) is 4.01. The number of hydrogen-bond donors (Lipinski definition) is 0. The number of aryl methyl sites for hydroxylation is 1. The van der Waals surface area contributed by atoms with Crippen LogP contribution >= 0.6 is 0 Å². The molecule has 0 fully saturated rings. The number of methoxy groups -OCH3 is 2. The van der Waals surface area contributed by atoms with Crippen molar-refractivity contribution in [2.24, 2.45) is 4.99 Å². The topological polar surface area (TPSA) is 59.8 Å². The van der Waals surface area contributed by atoms with Crippen LogP contribution in [-0.4, -0.2) is 47.9 Å². The van der Waals surface area contributed by atoms with Gasteiger partial charge in [0.2, 0.25) is 0 Å². The molecule has 6 heteroatoms. The lowest BCUT2D eigenvalue weighted by atomic mass is 10.0. The highest BCUT2D eigenvalue weighted by Crippen LogP contribution is 2.30. The van der Waals surface area contributed by atoms with Crippen LogP contribution < -0.4 is 9.47 Å². The summed E-state index contributed by atoms with van der Waals surface area (Å²) < 4.78 is 11.0. The summed E-state index contributed by atoms with van der Waals surface area (Å²) in [5, 5.41) is 0. The van der Waals surface area contributed by atoms with E-state index in [9.17, 15) is 0 Å². The van der Waals surface area contributed by atoms with Crippen LogP contribution in [0.25, 0.3) is 0 Å². The molecule has 3 heterocycles. The molecular weight excluding hydrogens is 352 g/mol. The first-order valence-electron chi connectivity index (χ1n) is 10.00. The molecule has 0 bridgehead atoms. The maximum absolute atomic E-state index is 5.62. The second-order valence-corrected chi connectivity index (χ2v) is 7.54. The Kier molecular flexibility index (Phi) is 5.57. The Morgan fingerprint density at radius 2 is 2.00 bits per heavy atom. The van der Waals surface area contributed by atoms with Crippen LogP contribution in [0.4, 0.5) is 0 Å². The van der Waals surface area contributed by atoms with Gasteiger partial charge in [-0.2, -0.15) is 0 Å². The number of hydrogen-bond acceptors (Lipinski definition) is 6. The van der Waals surface area contributed by atoms with E-state index in [1.165, 1.54) is 35.2 Å². The lowest BCUT2D eigenvalue weighted by Gasteiger charge is -2.29. The Bertz CT molecular complexity index is 894.